The Kier molecular flexibility index (Phi) is 4.50. The highest BCUT2D eigenvalue weighted by atomic mass is 32.2. The Hall–Kier alpha value is -0.870. The number of aliphatic hydroxyl groups excluding tert-OH is 1. The molecule has 16 heavy (non-hydrogen) atoms. The zero-order valence-corrected chi connectivity index (χ0v) is 10.5. The van der Waals surface area contributed by atoms with Gasteiger partial charge in [0.1, 0.15) is 9.84 Å². The van der Waals surface area contributed by atoms with Crippen molar-refractivity contribution in [3.05, 3.63) is 35.4 Å². The lowest BCUT2D eigenvalue weighted by atomic mass is 9.99. The molecule has 1 aromatic carbocycles. The van der Waals surface area contributed by atoms with Gasteiger partial charge in [-0.05, 0) is 24.0 Å². The van der Waals surface area contributed by atoms with E-state index in [1.807, 2.05) is 31.2 Å². The van der Waals surface area contributed by atoms with Gasteiger partial charge < -0.3 is 5.11 Å². The van der Waals surface area contributed by atoms with E-state index in [0.717, 1.165) is 17.5 Å². The first-order chi connectivity index (χ1) is 7.44. The van der Waals surface area contributed by atoms with Gasteiger partial charge in [-0.25, -0.2) is 8.42 Å². The van der Waals surface area contributed by atoms with Gasteiger partial charge in [0.15, 0.2) is 0 Å². The number of aliphatic hydroxyl groups is 1. The summed E-state index contributed by atoms with van der Waals surface area (Å²) < 4.78 is 22.0. The average Bonchev–Trinajstić information content (AvgIpc) is 2.25. The first-order valence-corrected chi connectivity index (χ1v) is 7.43. The van der Waals surface area contributed by atoms with E-state index in [1.165, 1.54) is 6.26 Å². The van der Waals surface area contributed by atoms with Gasteiger partial charge in [0.25, 0.3) is 0 Å². The molecular weight excluding hydrogens is 224 g/mol. The topological polar surface area (TPSA) is 54.4 Å². The SMILES string of the molecule is CCc1ccccc1C(O)CCS(C)(=O)=O. The van der Waals surface area contributed by atoms with Crippen LogP contribution >= 0.6 is 0 Å². The molecule has 90 valence electrons. The third kappa shape index (κ3) is 3.94. The molecule has 0 bridgehead atoms. The number of benzene rings is 1. The fourth-order valence-electron chi connectivity index (χ4n) is 1.66. The summed E-state index contributed by atoms with van der Waals surface area (Å²) in [6.45, 7) is 2.02. The molecule has 0 amide bonds. The average molecular weight is 242 g/mol. The van der Waals surface area contributed by atoms with Gasteiger partial charge in [-0.1, -0.05) is 31.2 Å². The quantitative estimate of drug-likeness (QED) is 0.855. The highest BCUT2D eigenvalue weighted by Crippen LogP contribution is 2.21. The molecule has 0 aliphatic rings. The van der Waals surface area contributed by atoms with E-state index in [-0.39, 0.29) is 12.2 Å². The first kappa shape index (κ1) is 13.2. The molecule has 3 nitrogen and oxygen atoms in total. The predicted molar refractivity (Wildman–Crippen MR) is 65.1 cm³/mol. The first-order valence-electron chi connectivity index (χ1n) is 5.37. The fraction of sp³-hybridized carbons (Fsp3) is 0.500. The standard InChI is InChI=1S/C12H18O3S/c1-3-10-6-4-5-7-11(10)12(13)8-9-16(2,14)15/h4-7,12-13H,3,8-9H2,1-2H3. The summed E-state index contributed by atoms with van der Waals surface area (Å²) in [5.74, 6) is 0.0201. The Morgan fingerprint density at radius 2 is 1.94 bits per heavy atom. The number of aryl methyl sites for hydroxylation is 1. The monoisotopic (exact) mass is 242 g/mol. The third-order valence-electron chi connectivity index (χ3n) is 2.56. The van der Waals surface area contributed by atoms with Crippen molar-refractivity contribution in [2.75, 3.05) is 12.0 Å². The maximum absolute atomic E-state index is 11.0. The normalized spacial score (nSPS) is 13.7. The number of sulfone groups is 1. The summed E-state index contributed by atoms with van der Waals surface area (Å²) in [5.41, 5.74) is 1.91. The molecule has 0 radical (unpaired) electrons. The van der Waals surface area contributed by atoms with E-state index in [0.29, 0.717) is 0 Å². The van der Waals surface area contributed by atoms with Crippen LogP contribution in [-0.4, -0.2) is 25.5 Å². The van der Waals surface area contributed by atoms with Crippen molar-refractivity contribution in [1.29, 1.82) is 0 Å². The molecule has 1 rings (SSSR count). The van der Waals surface area contributed by atoms with E-state index in [4.69, 9.17) is 0 Å². The second kappa shape index (κ2) is 5.46. The van der Waals surface area contributed by atoms with Crippen LogP contribution < -0.4 is 0 Å². The molecule has 0 aliphatic carbocycles. The summed E-state index contributed by atoms with van der Waals surface area (Å²) in [6.07, 6.45) is 1.60. The molecule has 1 aromatic rings. The summed E-state index contributed by atoms with van der Waals surface area (Å²) in [5, 5.41) is 9.93. The molecule has 1 unspecified atom stereocenters. The van der Waals surface area contributed by atoms with Gasteiger partial charge in [0.05, 0.1) is 11.9 Å². The van der Waals surface area contributed by atoms with Crippen molar-refractivity contribution in [3.8, 4) is 0 Å². The largest absolute Gasteiger partial charge is 0.388 e. The van der Waals surface area contributed by atoms with Gasteiger partial charge in [-0.15, -0.1) is 0 Å². The Morgan fingerprint density at radius 1 is 1.31 bits per heavy atom. The summed E-state index contributed by atoms with van der Waals surface area (Å²) in [6, 6.07) is 7.59. The van der Waals surface area contributed by atoms with Crippen molar-refractivity contribution < 1.29 is 13.5 Å². The minimum atomic E-state index is -3.01. The molecular formula is C12H18O3S. The lowest BCUT2D eigenvalue weighted by Gasteiger charge is -2.14. The molecule has 0 aliphatic heterocycles. The van der Waals surface area contributed by atoms with Gasteiger partial charge in [-0.3, -0.25) is 0 Å². The van der Waals surface area contributed by atoms with Gasteiger partial charge in [0.2, 0.25) is 0 Å². The molecule has 0 saturated carbocycles. The van der Waals surface area contributed by atoms with Crippen LogP contribution in [0.1, 0.15) is 30.6 Å². The number of hydrogen-bond acceptors (Lipinski definition) is 3. The lowest BCUT2D eigenvalue weighted by Crippen LogP contribution is -2.09. The van der Waals surface area contributed by atoms with Crippen molar-refractivity contribution in [1.82, 2.24) is 0 Å². The predicted octanol–water partition coefficient (Wildman–Crippen LogP) is 1.72. The number of hydrogen-bond donors (Lipinski definition) is 1. The second-order valence-corrected chi connectivity index (χ2v) is 6.25. The van der Waals surface area contributed by atoms with Crippen LogP contribution in [0.5, 0.6) is 0 Å². The van der Waals surface area contributed by atoms with Crippen molar-refractivity contribution in [2.45, 2.75) is 25.9 Å². The molecule has 0 heterocycles. The van der Waals surface area contributed by atoms with Crippen molar-refractivity contribution in [2.24, 2.45) is 0 Å². The molecule has 0 fully saturated rings. The minimum absolute atomic E-state index is 0.0201. The van der Waals surface area contributed by atoms with Crippen LogP contribution in [0.2, 0.25) is 0 Å². The van der Waals surface area contributed by atoms with Crippen LogP contribution in [-0.2, 0) is 16.3 Å². The zero-order valence-electron chi connectivity index (χ0n) is 9.68. The van der Waals surface area contributed by atoms with Gasteiger partial charge in [-0.2, -0.15) is 0 Å². The van der Waals surface area contributed by atoms with Crippen molar-refractivity contribution >= 4 is 9.84 Å². The maximum atomic E-state index is 11.0. The lowest BCUT2D eigenvalue weighted by molar-refractivity contribution is 0.173. The van der Waals surface area contributed by atoms with Crippen LogP contribution in [0.4, 0.5) is 0 Å². The Labute approximate surface area is 97.0 Å². The molecule has 1 N–H and O–H groups in total. The van der Waals surface area contributed by atoms with E-state index in [9.17, 15) is 13.5 Å². The minimum Gasteiger partial charge on any atom is -0.388 e. The van der Waals surface area contributed by atoms with Crippen LogP contribution in [0.15, 0.2) is 24.3 Å². The summed E-state index contributed by atoms with van der Waals surface area (Å²) >= 11 is 0. The molecule has 4 heteroatoms. The third-order valence-corrected chi connectivity index (χ3v) is 3.53. The van der Waals surface area contributed by atoms with Crippen LogP contribution in [0.3, 0.4) is 0 Å². The van der Waals surface area contributed by atoms with E-state index in [2.05, 4.69) is 0 Å². The highest BCUT2D eigenvalue weighted by Gasteiger charge is 2.13. The summed E-state index contributed by atoms with van der Waals surface area (Å²) in [7, 11) is -3.01. The van der Waals surface area contributed by atoms with Gasteiger partial charge in [0, 0.05) is 6.26 Å². The fourth-order valence-corrected chi connectivity index (χ4v) is 2.31. The van der Waals surface area contributed by atoms with Crippen molar-refractivity contribution in [3.63, 3.8) is 0 Å². The molecule has 0 aromatic heterocycles. The second-order valence-electron chi connectivity index (χ2n) is 3.99. The Bertz CT molecular complexity index is 437. The molecule has 1 atom stereocenters. The maximum Gasteiger partial charge on any atom is 0.147 e. The summed E-state index contributed by atoms with van der Waals surface area (Å²) in [4.78, 5) is 0. The van der Waals surface area contributed by atoms with E-state index < -0.39 is 15.9 Å². The Balaban J connectivity index is 2.76. The van der Waals surface area contributed by atoms with E-state index >= 15 is 0 Å². The Morgan fingerprint density at radius 3 is 2.50 bits per heavy atom. The zero-order chi connectivity index (χ0) is 12.2. The van der Waals surface area contributed by atoms with Gasteiger partial charge >= 0.3 is 0 Å². The molecule has 0 spiro atoms. The number of rotatable bonds is 5. The smallest absolute Gasteiger partial charge is 0.147 e. The van der Waals surface area contributed by atoms with E-state index in [1.54, 1.807) is 0 Å². The molecule has 0 saturated heterocycles. The van der Waals surface area contributed by atoms with Crippen LogP contribution in [0.25, 0.3) is 0 Å². The van der Waals surface area contributed by atoms with Crippen LogP contribution in [0, 0.1) is 0 Å². The highest BCUT2D eigenvalue weighted by molar-refractivity contribution is 7.90.